The molecule has 2 amide bonds. The minimum atomic E-state index is -1.48. The van der Waals surface area contributed by atoms with Crippen molar-refractivity contribution in [3.8, 4) is 6.07 Å². The van der Waals surface area contributed by atoms with Crippen molar-refractivity contribution in [2.75, 3.05) is 13.2 Å². The molecule has 0 aromatic rings. The van der Waals surface area contributed by atoms with Crippen LogP contribution in [0.25, 0.3) is 0 Å². The molecule has 4 rings (SSSR count). The predicted octanol–water partition coefficient (Wildman–Crippen LogP) is 3.33. The second-order valence-corrected chi connectivity index (χ2v) is 10.5. The third kappa shape index (κ3) is 4.51. The molecule has 0 aliphatic carbocycles. The Morgan fingerprint density at radius 1 is 1.39 bits per heavy atom. The summed E-state index contributed by atoms with van der Waals surface area (Å²) < 4.78 is 33.0. The van der Waals surface area contributed by atoms with E-state index in [0.717, 1.165) is 5.57 Å². The summed E-state index contributed by atoms with van der Waals surface area (Å²) in [5.41, 5.74) is 0.156. The highest BCUT2D eigenvalue weighted by Gasteiger charge is 2.64. The predicted molar refractivity (Wildman–Crippen MR) is 120 cm³/mol. The number of hydrogen-bond acceptors (Lipinski definition) is 8. The highest BCUT2D eigenvalue weighted by molar-refractivity contribution is 7.44. The van der Waals surface area contributed by atoms with E-state index < -0.39 is 38.8 Å². The van der Waals surface area contributed by atoms with Crippen molar-refractivity contribution in [1.82, 2.24) is 14.9 Å². The normalized spacial score (nSPS) is 33.4. The van der Waals surface area contributed by atoms with Crippen molar-refractivity contribution in [1.29, 1.82) is 5.26 Å². The van der Waals surface area contributed by atoms with Gasteiger partial charge in [-0.25, -0.2) is 9.46 Å². The molecule has 0 radical (unpaired) electrons. The van der Waals surface area contributed by atoms with E-state index in [-0.39, 0.29) is 31.1 Å². The number of hydrogen-bond donors (Lipinski definition) is 1. The maximum atomic E-state index is 12.8. The molecule has 11 heteroatoms. The smallest absolute Gasteiger partial charge is 0.326 e. The first-order valence-corrected chi connectivity index (χ1v) is 12.6. The molecule has 6 atom stereocenters. The quantitative estimate of drug-likeness (QED) is 0.375. The molecular formula is C22H33N4O6P. The molecule has 0 aromatic carbocycles. The lowest BCUT2D eigenvalue weighted by Gasteiger charge is -2.38. The van der Waals surface area contributed by atoms with Crippen LogP contribution in [0.5, 0.6) is 0 Å². The second kappa shape index (κ2) is 9.87. The standard InChI is InChI=1S/C22H33N4O6P/c1-6-22-13-29-17(20(31-22)25-12-16-8-11-28-19(16)24-21(25)27)18(22)32-33(30-10-7-9-23)26(14(2)3)15(4)5/h8,11-12,14-15,17-20H,6-7,10,13H2,1-5H3,(H,24,27). The molecule has 4 heterocycles. The zero-order valence-corrected chi connectivity index (χ0v) is 20.7. The van der Waals surface area contributed by atoms with Gasteiger partial charge in [0.25, 0.3) is 8.53 Å². The lowest BCUT2D eigenvalue weighted by Crippen LogP contribution is -2.55. The SMILES string of the molecule is CCC12COC(C(N3C=C4C=COC4NC3=O)O1)C2OP(OCCC#N)N(C(C)C)C(C)C. The van der Waals surface area contributed by atoms with E-state index in [1.807, 2.05) is 13.0 Å². The van der Waals surface area contributed by atoms with Gasteiger partial charge in [-0.1, -0.05) is 6.92 Å². The highest BCUT2D eigenvalue weighted by atomic mass is 31.2. The van der Waals surface area contributed by atoms with E-state index in [4.69, 9.17) is 28.5 Å². The number of nitrogens with one attached hydrogen (secondary N) is 1. The monoisotopic (exact) mass is 480 g/mol. The number of nitriles is 1. The summed E-state index contributed by atoms with van der Waals surface area (Å²) in [6, 6.07) is 2.17. The van der Waals surface area contributed by atoms with Gasteiger partial charge in [0.05, 0.1) is 32.0 Å². The van der Waals surface area contributed by atoms with Crippen LogP contribution < -0.4 is 5.32 Å². The Morgan fingerprint density at radius 2 is 2.15 bits per heavy atom. The highest BCUT2D eigenvalue weighted by Crippen LogP contribution is 2.54. The van der Waals surface area contributed by atoms with Gasteiger partial charge in [0.15, 0.2) is 6.23 Å². The molecule has 4 aliphatic heterocycles. The van der Waals surface area contributed by atoms with Crippen LogP contribution in [0.4, 0.5) is 4.79 Å². The van der Waals surface area contributed by atoms with E-state index in [2.05, 4.69) is 43.8 Å². The third-order valence-electron chi connectivity index (χ3n) is 6.27. The summed E-state index contributed by atoms with van der Waals surface area (Å²) in [5, 5.41) is 11.8. The van der Waals surface area contributed by atoms with E-state index in [0.29, 0.717) is 13.0 Å². The number of ether oxygens (including phenoxy) is 3. The summed E-state index contributed by atoms with van der Waals surface area (Å²) >= 11 is 0. The molecule has 2 bridgehead atoms. The zero-order chi connectivity index (χ0) is 23.8. The zero-order valence-electron chi connectivity index (χ0n) is 19.8. The fraction of sp³-hybridized carbons (Fsp3) is 0.727. The summed E-state index contributed by atoms with van der Waals surface area (Å²) in [6.07, 6.45) is 4.10. The number of urea groups is 1. The molecule has 4 aliphatic rings. The Balaban J connectivity index is 1.58. The molecule has 1 N–H and O–H groups in total. The maximum Gasteiger partial charge on any atom is 0.326 e. The third-order valence-corrected chi connectivity index (χ3v) is 8.38. The average Bonchev–Trinajstić information content (AvgIpc) is 3.44. The topological polar surface area (TPSA) is 106 Å². The van der Waals surface area contributed by atoms with Crippen LogP contribution in [0.15, 0.2) is 24.1 Å². The fourth-order valence-electron chi connectivity index (χ4n) is 4.68. The summed E-state index contributed by atoms with van der Waals surface area (Å²) in [4.78, 5) is 14.3. The van der Waals surface area contributed by atoms with Gasteiger partial charge >= 0.3 is 6.03 Å². The van der Waals surface area contributed by atoms with Crippen LogP contribution in [0, 0.1) is 11.3 Å². The van der Waals surface area contributed by atoms with Gasteiger partial charge in [0.1, 0.15) is 17.8 Å². The van der Waals surface area contributed by atoms with Gasteiger partial charge in [-0.3, -0.25) is 10.2 Å². The number of carbonyl (C=O) groups excluding carboxylic acids is 1. The molecule has 6 unspecified atom stereocenters. The van der Waals surface area contributed by atoms with Gasteiger partial charge < -0.3 is 23.3 Å². The van der Waals surface area contributed by atoms with Crippen molar-refractivity contribution >= 4 is 14.6 Å². The lowest BCUT2D eigenvalue weighted by molar-refractivity contribution is -0.178. The van der Waals surface area contributed by atoms with Crippen molar-refractivity contribution in [3.63, 3.8) is 0 Å². The van der Waals surface area contributed by atoms with Gasteiger partial charge in [-0.05, 0) is 40.2 Å². The van der Waals surface area contributed by atoms with Crippen molar-refractivity contribution in [3.05, 3.63) is 24.1 Å². The van der Waals surface area contributed by atoms with Crippen LogP contribution >= 0.6 is 8.53 Å². The molecule has 0 aromatic heterocycles. The molecule has 2 fully saturated rings. The van der Waals surface area contributed by atoms with Crippen LogP contribution in [0.1, 0.15) is 47.5 Å². The van der Waals surface area contributed by atoms with Crippen LogP contribution in [-0.4, -0.2) is 71.2 Å². The maximum absolute atomic E-state index is 12.8. The lowest BCUT2D eigenvalue weighted by atomic mass is 9.96. The Hall–Kier alpha value is -1.73. The van der Waals surface area contributed by atoms with Gasteiger partial charge in [-0.15, -0.1) is 0 Å². The Labute approximate surface area is 196 Å². The summed E-state index contributed by atoms with van der Waals surface area (Å²) in [5.74, 6) is 0. The van der Waals surface area contributed by atoms with Crippen LogP contribution in [0.3, 0.4) is 0 Å². The van der Waals surface area contributed by atoms with Crippen molar-refractivity contribution in [2.45, 2.75) is 89.8 Å². The molecule has 0 spiro atoms. The number of nitrogens with zero attached hydrogens (tertiary/aromatic N) is 3. The summed E-state index contributed by atoms with van der Waals surface area (Å²) in [6.45, 7) is 11.1. The Kier molecular flexibility index (Phi) is 7.29. The molecule has 33 heavy (non-hydrogen) atoms. The largest absolute Gasteiger partial charge is 0.474 e. The summed E-state index contributed by atoms with van der Waals surface area (Å²) in [7, 11) is -1.48. The number of fused-ring (bicyclic) bond motifs is 3. The Bertz CT molecular complexity index is 837. The van der Waals surface area contributed by atoms with E-state index >= 15 is 0 Å². The minimum Gasteiger partial charge on any atom is -0.474 e. The molecular weight excluding hydrogens is 447 g/mol. The number of amides is 2. The second-order valence-electron chi connectivity index (χ2n) is 9.08. The molecule has 182 valence electrons. The molecule has 0 saturated carbocycles. The minimum absolute atomic E-state index is 0.177. The first-order valence-electron chi connectivity index (χ1n) is 11.5. The number of rotatable bonds is 10. The van der Waals surface area contributed by atoms with E-state index in [1.54, 1.807) is 12.5 Å². The van der Waals surface area contributed by atoms with E-state index in [1.165, 1.54) is 4.90 Å². The van der Waals surface area contributed by atoms with E-state index in [9.17, 15) is 4.79 Å². The van der Waals surface area contributed by atoms with Gasteiger partial charge in [0, 0.05) is 23.9 Å². The molecule has 10 nitrogen and oxygen atoms in total. The van der Waals surface area contributed by atoms with Crippen LogP contribution in [-0.2, 0) is 23.3 Å². The van der Waals surface area contributed by atoms with Crippen molar-refractivity contribution < 1.29 is 28.1 Å². The number of carbonyl (C=O) groups is 1. The first-order chi connectivity index (χ1) is 15.8. The first kappa shape index (κ1) is 24.4. The van der Waals surface area contributed by atoms with Gasteiger partial charge in [-0.2, -0.15) is 5.26 Å². The van der Waals surface area contributed by atoms with Crippen molar-refractivity contribution in [2.24, 2.45) is 0 Å². The fourth-order valence-corrected chi connectivity index (χ4v) is 6.49. The van der Waals surface area contributed by atoms with Gasteiger partial charge in [0.2, 0.25) is 6.23 Å². The average molecular weight is 481 g/mol. The Morgan fingerprint density at radius 3 is 2.82 bits per heavy atom. The molecule has 2 saturated heterocycles. The van der Waals surface area contributed by atoms with Crippen LogP contribution in [0.2, 0.25) is 0 Å².